The van der Waals surface area contributed by atoms with Gasteiger partial charge in [0.25, 0.3) is 0 Å². The molecule has 0 saturated carbocycles. The Morgan fingerprint density at radius 1 is 1.73 bits per heavy atom. The Bertz CT molecular complexity index is 326. The summed E-state index contributed by atoms with van der Waals surface area (Å²) in [7, 11) is 0. The van der Waals surface area contributed by atoms with Crippen LogP contribution in [0, 0.1) is 0 Å². The minimum Gasteiger partial charge on any atom is -0.378 e. The Labute approximate surface area is 92.7 Å². The van der Waals surface area contributed by atoms with Gasteiger partial charge in [0.2, 0.25) is 0 Å². The molecule has 1 aliphatic rings. The number of ketones is 1. The van der Waals surface area contributed by atoms with Crippen molar-refractivity contribution >= 4 is 17.1 Å². The number of nitrogens with one attached hydrogen (secondary N) is 1. The van der Waals surface area contributed by atoms with Crippen molar-refractivity contribution in [2.24, 2.45) is 0 Å². The molecule has 82 valence electrons. The highest BCUT2D eigenvalue weighted by Crippen LogP contribution is 2.11. The molecule has 1 saturated heterocycles. The normalized spacial score (nSPS) is 26.5. The van der Waals surface area contributed by atoms with Crippen LogP contribution in [0.3, 0.4) is 0 Å². The summed E-state index contributed by atoms with van der Waals surface area (Å²) in [5.41, 5.74) is 0. The van der Waals surface area contributed by atoms with E-state index < -0.39 is 0 Å². The van der Waals surface area contributed by atoms with Gasteiger partial charge < -0.3 is 10.1 Å². The molecule has 1 aromatic heterocycles. The van der Waals surface area contributed by atoms with Gasteiger partial charge in [-0.1, -0.05) is 0 Å². The smallest absolute Gasteiger partial charge is 0.193 e. The summed E-state index contributed by atoms with van der Waals surface area (Å²) in [5.74, 6) is 0.0974. The number of thiazole rings is 1. The highest BCUT2D eigenvalue weighted by Gasteiger charge is 2.22. The van der Waals surface area contributed by atoms with Gasteiger partial charge >= 0.3 is 0 Å². The first-order valence-corrected chi connectivity index (χ1v) is 5.90. The van der Waals surface area contributed by atoms with Crippen LogP contribution in [-0.4, -0.2) is 36.1 Å². The number of hydrogen-bond donors (Lipinski definition) is 1. The van der Waals surface area contributed by atoms with Crippen LogP contribution in [0.5, 0.6) is 0 Å². The number of aromatic nitrogens is 1. The van der Waals surface area contributed by atoms with E-state index >= 15 is 0 Å². The van der Waals surface area contributed by atoms with Gasteiger partial charge in [-0.3, -0.25) is 4.79 Å². The quantitative estimate of drug-likeness (QED) is 0.784. The third-order valence-electron chi connectivity index (χ3n) is 2.31. The third kappa shape index (κ3) is 2.84. The molecule has 1 aliphatic heterocycles. The zero-order valence-corrected chi connectivity index (χ0v) is 9.42. The van der Waals surface area contributed by atoms with Crippen molar-refractivity contribution < 1.29 is 9.53 Å². The van der Waals surface area contributed by atoms with Crippen molar-refractivity contribution in [3.05, 3.63) is 16.6 Å². The molecule has 2 rings (SSSR count). The molecule has 2 heterocycles. The minimum atomic E-state index is 0.0974. The molecule has 1 aromatic rings. The van der Waals surface area contributed by atoms with E-state index in [4.69, 9.17) is 4.74 Å². The molecule has 1 N–H and O–H groups in total. The zero-order valence-electron chi connectivity index (χ0n) is 8.60. The van der Waals surface area contributed by atoms with Gasteiger partial charge in [-0.05, 0) is 6.92 Å². The molecule has 0 spiro atoms. The average Bonchev–Trinajstić information content (AvgIpc) is 2.70. The van der Waals surface area contributed by atoms with Crippen LogP contribution in [-0.2, 0) is 4.74 Å². The number of Topliss-reactive ketones (excluding diaryl/α,β-unsaturated/α-hetero) is 1. The number of nitrogens with zero attached hydrogens (tertiary/aromatic N) is 1. The zero-order chi connectivity index (χ0) is 10.7. The molecule has 2 unspecified atom stereocenters. The van der Waals surface area contributed by atoms with Crippen molar-refractivity contribution in [3.63, 3.8) is 0 Å². The number of carbonyl (C=O) groups is 1. The van der Waals surface area contributed by atoms with Crippen molar-refractivity contribution in [1.29, 1.82) is 0 Å². The maximum Gasteiger partial charge on any atom is 0.193 e. The number of morpholine rings is 1. The Morgan fingerprint density at radius 2 is 2.60 bits per heavy atom. The first-order valence-electron chi connectivity index (χ1n) is 5.02. The largest absolute Gasteiger partial charge is 0.378 e. The lowest BCUT2D eigenvalue weighted by Crippen LogP contribution is -2.48. The molecule has 0 bridgehead atoms. The maximum atomic E-state index is 11.7. The molecule has 0 amide bonds. The summed E-state index contributed by atoms with van der Waals surface area (Å²) in [5, 5.41) is 5.75. The number of rotatable bonds is 3. The van der Waals surface area contributed by atoms with Crippen LogP contribution in [0.15, 0.2) is 11.6 Å². The standard InChI is InChI=1S/C10H14N2O2S/c1-7-5-14-6-8(12-7)4-9(13)10-11-2-3-15-10/h2-3,7-8,12H,4-6H2,1H3. The van der Waals surface area contributed by atoms with E-state index in [1.165, 1.54) is 11.3 Å². The van der Waals surface area contributed by atoms with Crippen molar-refractivity contribution in [3.8, 4) is 0 Å². The Kier molecular flexibility index (Phi) is 3.45. The first-order chi connectivity index (χ1) is 7.25. The van der Waals surface area contributed by atoms with E-state index in [9.17, 15) is 4.79 Å². The SMILES string of the molecule is CC1COCC(CC(=O)c2nccs2)N1. The summed E-state index contributed by atoms with van der Waals surface area (Å²) in [6.45, 7) is 3.39. The molecule has 0 aromatic carbocycles. The highest BCUT2D eigenvalue weighted by atomic mass is 32.1. The second-order valence-electron chi connectivity index (χ2n) is 3.77. The van der Waals surface area contributed by atoms with Crippen molar-refractivity contribution in [1.82, 2.24) is 10.3 Å². The van der Waals surface area contributed by atoms with Gasteiger partial charge in [0.05, 0.1) is 13.2 Å². The fraction of sp³-hybridized carbons (Fsp3) is 0.600. The summed E-state index contributed by atoms with van der Waals surface area (Å²) in [6.07, 6.45) is 2.13. The van der Waals surface area contributed by atoms with Gasteiger partial charge in [-0.2, -0.15) is 0 Å². The van der Waals surface area contributed by atoms with Crippen LogP contribution in [0.2, 0.25) is 0 Å². The van der Waals surface area contributed by atoms with Crippen molar-refractivity contribution in [2.75, 3.05) is 13.2 Å². The second kappa shape index (κ2) is 4.83. The lowest BCUT2D eigenvalue weighted by atomic mass is 10.1. The average molecular weight is 226 g/mol. The van der Waals surface area contributed by atoms with Crippen LogP contribution >= 0.6 is 11.3 Å². The molecule has 2 atom stereocenters. The monoisotopic (exact) mass is 226 g/mol. The first kappa shape index (κ1) is 10.7. The number of carbonyl (C=O) groups excluding carboxylic acids is 1. The van der Waals surface area contributed by atoms with Crippen LogP contribution in [0.4, 0.5) is 0 Å². The van der Waals surface area contributed by atoms with E-state index in [0.29, 0.717) is 24.1 Å². The molecule has 1 fully saturated rings. The van der Waals surface area contributed by atoms with Crippen LogP contribution in [0.25, 0.3) is 0 Å². The van der Waals surface area contributed by atoms with E-state index in [-0.39, 0.29) is 11.8 Å². The Morgan fingerprint density at radius 3 is 3.27 bits per heavy atom. The van der Waals surface area contributed by atoms with Gasteiger partial charge in [0.15, 0.2) is 10.8 Å². The van der Waals surface area contributed by atoms with E-state index in [1.54, 1.807) is 6.20 Å². The predicted octanol–water partition coefficient (Wildman–Crippen LogP) is 1.09. The van der Waals surface area contributed by atoms with Gasteiger partial charge in [0, 0.05) is 30.1 Å². The molecular formula is C10H14N2O2S. The number of ether oxygens (including phenoxy) is 1. The highest BCUT2D eigenvalue weighted by molar-refractivity contribution is 7.11. The van der Waals surface area contributed by atoms with Gasteiger partial charge in [0.1, 0.15) is 0 Å². The lowest BCUT2D eigenvalue weighted by Gasteiger charge is -2.28. The molecule has 5 heteroatoms. The summed E-state index contributed by atoms with van der Waals surface area (Å²) in [6, 6.07) is 0.456. The Hall–Kier alpha value is -0.780. The Balaban J connectivity index is 1.89. The van der Waals surface area contributed by atoms with E-state index in [2.05, 4.69) is 17.2 Å². The van der Waals surface area contributed by atoms with Crippen molar-refractivity contribution in [2.45, 2.75) is 25.4 Å². The predicted molar refractivity (Wildman–Crippen MR) is 58.3 cm³/mol. The fourth-order valence-electron chi connectivity index (χ4n) is 1.68. The maximum absolute atomic E-state index is 11.7. The molecule has 0 radical (unpaired) electrons. The third-order valence-corrected chi connectivity index (χ3v) is 3.12. The summed E-state index contributed by atoms with van der Waals surface area (Å²) >= 11 is 1.39. The fourth-order valence-corrected chi connectivity index (χ4v) is 2.26. The molecule has 4 nitrogen and oxygen atoms in total. The topological polar surface area (TPSA) is 51.2 Å². The number of hydrogen-bond acceptors (Lipinski definition) is 5. The molecular weight excluding hydrogens is 212 g/mol. The second-order valence-corrected chi connectivity index (χ2v) is 4.66. The molecule has 15 heavy (non-hydrogen) atoms. The summed E-state index contributed by atoms with van der Waals surface area (Å²) < 4.78 is 5.38. The van der Waals surface area contributed by atoms with Gasteiger partial charge in [-0.25, -0.2) is 4.98 Å². The minimum absolute atomic E-state index is 0.0974. The van der Waals surface area contributed by atoms with Crippen LogP contribution < -0.4 is 5.32 Å². The summed E-state index contributed by atoms with van der Waals surface area (Å²) in [4.78, 5) is 15.7. The van der Waals surface area contributed by atoms with E-state index in [0.717, 1.165) is 6.61 Å². The van der Waals surface area contributed by atoms with E-state index in [1.807, 2.05) is 5.38 Å². The van der Waals surface area contributed by atoms with Crippen LogP contribution in [0.1, 0.15) is 23.1 Å². The molecule has 0 aliphatic carbocycles. The van der Waals surface area contributed by atoms with Gasteiger partial charge in [-0.15, -0.1) is 11.3 Å². The lowest BCUT2D eigenvalue weighted by molar-refractivity contribution is 0.0463.